The molecule has 0 unspecified atom stereocenters. The number of imide groups is 1. The van der Waals surface area contributed by atoms with Gasteiger partial charge in [0.2, 0.25) is 0 Å². The van der Waals surface area contributed by atoms with Crippen molar-refractivity contribution in [2.45, 2.75) is 31.7 Å². The highest BCUT2D eigenvalue weighted by atomic mass is 32.2. The van der Waals surface area contributed by atoms with Gasteiger partial charge in [-0.15, -0.1) is 0 Å². The summed E-state index contributed by atoms with van der Waals surface area (Å²) in [5.41, 5.74) is 2.84. The number of ether oxygens (including phenoxy) is 1. The van der Waals surface area contributed by atoms with E-state index >= 15 is 0 Å². The molecule has 1 heterocycles. The number of nitrogens with one attached hydrogen (secondary N) is 2. The summed E-state index contributed by atoms with van der Waals surface area (Å²) in [6, 6.07) is 8.22. The molecule has 0 aliphatic rings. The van der Waals surface area contributed by atoms with Gasteiger partial charge in [0, 0.05) is 23.7 Å². The molecule has 0 bridgehead atoms. The minimum absolute atomic E-state index is 0.352. The standard InChI is InChI=1S/C19H22N4O4S/c1-4-20-18(26)23-16(24)10-27-17(25)15-8-6-5-7-14(15)11-28-19-21-12(2)9-13(3)22-19/h5-9H,4,10-11H2,1-3H3,(H2,20,23,24,26). The van der Waals surface area contributed by atoms with E-state index in [0.29, 0.717) is 23.0 Å². The Morgan fingerprint density at radius 2 is 1.79 bits per heavy atom. The summed E-state index contributed by atoms with van der Waals surface area (Å²) in [4.78, 5) is 44.0. The molecule has 0 atom stereocenters. The van der Waals surface area contributed by atoms with Crippen LogP contribution in [-0.2, 0) is 15.3 Å². The van der Waals surface area contributed by atoms with E-state index in [1.54, 1.807) is 25.1 Å². The maximum Gasteiger partial charge on any atom is 0.338 e. The lowest BCUT2D eigenvalue weighted by Gasteiger charge is -2.10. The molecule has 0 fully saturated rings. The third-order valence-electron chi connectivity index (χ3n) is 3.48. The van der Waals surface area contributed by atoms with Crippen molar-refractivity contribution < 1.29 is 19.1 Å². The number of hydrogen-bond acceptors (Lipinski definition) is 7. The summed E-state index contributed by atoms with van der Waals surface area (Å²) in [5.74, 6) is -0.863. The monoisotopic (exact) mass is 402 g/mol. The van der Waals surface area contributed by atoms with Crippen molar-refractivity contribution in [3.05, 3.63) is 52.8 Å². The van der Waals surface area contributed by atoms with Crippen molar-refractivity contribution in [2.75, 3.05) is 13.2 Å². The normalized spacial score (nSPS) is 10.2. The topological polar surface area (TPSA) is 110 Å². The number of carbonyl (C=O) groups is 3. The fourth-order valence-corrected chi connectivity index (χ4v) is 3.28. The second-order valence-electron chi connectivity index (χ2n) is 5.86. The third kappa shape index (κ3) is 6.66. The van der Waals surface area contributed by atoms with Gasteiger partial charge in [-0.05, 0) is 38.5 Å². The first-order valence-corrected chi connectivity index (χ1v) is 9.65. The lowest BCUT2D eigenvalue weighted by Crippen LogP contribution is -2.41. The van der Waals surface area contributed by atoms with Crippen molar-refractivity contribution >= 4 is 29.7 Å². The van der Waals surface area contributed by atoms with Crippen LogP contribution in [0.15, 0.2) is 35.5 Å². The number of amides is 3. The molecule has 1 aromatic carbocycles. The molecule has 3 amide bonds. The number of nitrogens with zero attached hydrogens (tertiary/aromatic N) is 2. The van der Waals surface area contributed by atoms with Gasteiger partial charge in [0.15, 0.2) is 11.8 Å². The lowest BCUT2D eigenvalue weighted by atomic mass is 10.1. The van der Waals surface area contributed by atoms with Crippen LogP contribution in [0.3, 0.4) is 0 Å². The number of thioether (sulfide) groups is 1. The van der Waals surface area contributed by atoms with Crippen LogP contribution in [0.1, 0.15) is 34.2 Å². The number of urea groups is 1. The number of rotatable bonds is 7. The number of benzene rings is 1. The van der Waals surface area contributed by atoms with E-state index in [2.05, 4.69) is 20.6 Å². The first-order chi connectivity index (χ1) is 13.4. The third-order valence-corrected chi connectivity index (χ3v) is 4.38. The Morgan fingerprint density at radius 1 is 1.11 bits per heavy atom. The molecule has 9 heteroatoms. The fraction of sp³-hybridized carbons (Fsp3) is 0.316. The lowest BCUT2D eigenvalue weighted by molar-refractivity contribution is -0.123. The van der Waals surface area contributed by atoms with Gasteiger partial charge < -0.3 is 10.1 Å². The van der Waals surface area contributed by atoms with Crippen molar-refractivity contribution in [2.24, 2.45) is 0 Å². The Hall–Kier alpha value is -2.94. The Kier molecular flexibility index (Phi) is 7.94. The molecule has 148 valence electrons. The maximum atomic E-state index is 12.4. The second kappa shape index (κ2) is 10.4. The Bertz CT molecular complexity index is 853. The predicted octanol–water partition coefficient (Wildman–Crippen LogP) is 2.39. The maximum absolute atomic E-state index is 12.4. The average molecular weight is 402 g/mol. The van der Waals surface area contributed by atoms with Gasteiger partial charge in [-0.1, -0.05) is 30.0 Å². The van der Waals surface area contributed by atoms with Crippen LogP contribution in [0.5, 0.6) is 0 Å². The van der Waals surface area contributed by atoms with Crippen molar-refractivity contribution in [1.29, 1.82) is 0 Å². The second-order valence-corrected chi connectivity index (χ2v) is 6.81. The van der Waals surface area contributed by atoms with E-state index in [-0.39, 0.29) is 0 Å². The molecular formula is C19H22N4O4S. The molecule has 2 N–H and O–H groups in total. The molecule has 2 aromatic rings. The highest BCUT2D eigenvalue weighted by molar-refractivity contribution is 7.98. The van der Waals surface area contributed by atoms with Crippen LogP contribution in [0.2, 0.25) is 0 Å². The van der Waals surface area contributed by atoms with Gasteiger partial charge in [0.1, 0.15) is 0 Å². The molecule has 0 saturated heterocycles. The van der Waals surface area contributed by atoms with E-state index in [4.69, 9.17) is 4.74 Å². The molecule has 0 saturated carbocycles. The zero-order valence-electron chi connectivity index (χ0n) is 15.9. The van der Waals surface area contributed by atoms with Gasteiger partial charge in [-0.25, -0.2) is 19.6 Å². The van der Waals surface area contributed by atoms with Crippen LogP contribution in [0.25, 0.3) is 0 Å². The Labute approximate surface area is 167 Å². The molecule has 0 aliphatic heterocycles. The predicted molar refractivity (Wildman–Crippen MR) is 105 cm³/mol. The van der Waals surface area contributed by atoms with Gasteiger partial charge in [0.05, 0.1) is 5.56 Å². The highest BCUT2D eigenvalue weighted by Gasteiger charge is 2.16. The van der Waals surface area contributed by atoms with Crippen molar-refractivity contribution in [3.63, 3.8) is 0 Å². The molecular weight excluding hydrogens is 380 g/mol. The average Bonchev–Trinajstić information content (AvgIpc) is 2.64. The van der Waals surface area contributed by atoms with Crippen LogP contribution in [0.4, 0.5) is 4.79 Å². The number of hydrogen-bond donors (Lipinski definition) is 2. The van der Waals surface area contributed by atoms with Crippen molar-refractivity contribution in [3.8, 4) is 0 Å². The van der Waals surface area contributed by atoms with Crippen LogP contribution >= 0.6 is 11.8 Å². The van der Waals surface area contributed by atoms with Gasteiger partial charge in [-0.2, -0.15) is 0 Å². The molecule has 0 radical (unpaired) electrons. The number of aromatic nitrogens is 2. The summed E-state index contributed by atoms with van der Waals surface area (Å²) in [6.45, 7) is 5.36. The largest absolute Gasteiger partial charge is 0.452 e. The molecule has 28 heavy (non-hydrogen) atoms. The molecule has 0 aliphatic carbocycles. The van der Waals surface area contributed by atoms with Gasteiger partial charge >= 0.3 is 12.0 Å². The van der Waals surface area contributed by atoms with E-state index < -0.39 is 24.5 Å². The van der Waals surface area contributed by atoms with Gasteiger partial charge in [-0.3, -0.25) is 10.1 Å². The first kappa shape index (κ1) is 21.4. The summed E-state index contributed by atoms with van der Waals surface area (Å²) >= 11 is 1.41. The molecule has 0 spiro atoms. The van der Waals surface area contributed by atoms with E-state index in [0.717, 1.165) is 17.0 Å². The SMILES string of the molecule is CCNC(=O)NC(=O)COC(=O)c1ccccc1CSc1nc(C)cc(C)n1. The Morgan fingerprint density at radius 3 is 2.46 bits per heavy atom. The summed E-state index contributed by atoms with van der Waals surface area (Å²) in [6.07, 6.45) is 0. The smallest absolute Gasteiger partial charge is 0.338 e. The van der Waals surface area contributed by atoms with E-state index in [1.807, 2.05) is 26.0 Å². The fourth-order valence-electron chi connectivity index (χ4n) is 2.32. The van der Waals surface area contributed by atoms with Crippen LogP contribution in [0, 0.1) is 13.8 Å². The molecule has 8 nitrogen and oxygen atoms in total. The van der Waals surface area contributed by atoms with Crippen molar-refractivity contribution in [1.82, 2.24) is 20.6 Å². The number of aryl methyl sites for hydroxylation is 2. The van der Waals surface area contributed by atoms with E-state index in [9.17, 15) is 14.4 Å². The molecule has 2 rings (SSSR count). The van der Waals surface area contributed by atoms with Crippen LogP contribution in [-0.4, -0.2) is 41.0 Å². The summed E-state index contributed by atoms with van der Waals surface area (Å²) < 4.78 is 5.03. The molecule has 1 aromatic heterocycles. The number of esters is 1. The minimum Gasteiger partial charge on any atom is -0.452 e. The quantitative estimate of drug-likeness (QED) is 0.416. The summed E-state index contributed by atoms with van der Waals surface area (Å²) in [7, 11) is 0. The minimum atomic E-state index is -0.699. The highest BCUT2D eigenvalue weighted by Crippen LogP contribution is 2.22. The van der Waals surface area contributed by atoms with Crippen LogP contribution < -0.4 is 10.6 Å². The van der Waals surface area contributed by atoms with Gasteiger partial charge in [0.25, 0.3) is 5.91 Å². The van der Waals surface area contributed by atoms with E-state index in [1.165, 1.54) is 11.8 Å². The Balaban J connectivity index is 1.97. The first-order valence-electron chi connectivity index (χ1n) is 8.66. The number of carbonyl (C=O) groups excluding carboxylic acids is 3. The zero-order chi connectivity index (χ0) is 20.5. The summed E-state index contributed by atoms with van der Waals surface area (Å²) in [5, 5.41) is 5.12. The zero-order valence-corrected chi connectivity index (χ0v) is 16.8.